The quantitative estimate of drug-likeness (QED) is 0.455. The minimum Gasteiger partial charge on any atom is -0.476 e. The van der Waals surface area contributed by atoms with Crippen LogP contribution in [-0.4, -0.2) is 52.7 Å². The Morgan fingerprint density at radius 3 is 2.32 bits per heavy atom. The third-order valence-electron chi connectivity index (χ3n) is 6.99. The van der Waals surface area contributed by atoms with Gasteiger partial charge in [0.25, 0.3) is 11.8 Å². The topological polar surface area (TPSA) is 83.6 Å². The zero-order chi connectivity index (χ0) is 27.8. The summed E-state index contributed by atoms with van der Waals surface area (Å²) >= 11 is 12.1. The van der Waals surface area contributed by atoms with E-state index in [1.54, 1.807) is 38.1 Å². The molecule has 2 N–H and O–H groups in total. The summed E-state index contributed by atoms with van der Waals surface area (Å²) in [6, 6.07) is 6.19. The molecule has 0 unspecified atom stereocenters. The number of nitrogens with zero attached hydrogens (tertiary/aromatic N) is 2. The molecule has 12 heteroatoms. The second kappa shape index (κ2) is 10.8. The Hall–Kier alpha value is -2.72. The van der Waals surface area contributed by atoms with Crippen LogP contribution < -0.4 is 20.3 Å². The van der Waals surface area contributed by atoms with Crippen molar-refractivity contribution in [2.75, 3.05) is 4.90 Å². The first-order valence-corrected chi connectivity index (χ1v) is 13.1. The minimum absolute atomic E-state index is 0.0577. The Labute approximate surface area is 229 Å². The number of carbonyl (C=O) groups is 2. The van der Waals surface area contributed by atoms with E-state index in [4.69, 9.17) is 27.9 Å². The summed E-state index contributed by atoms with van der Waals surface area (Å²) in [6.45, 7) is 4.24. The molecule has 0 saturated carbocycles. The zero-order valence-corrected chi connectivity index (χ0v) is 22.6. The summed E-state index contributed by atoms with van der Waals surface area (Å²) in [6.07, 6.45) is 0.0176. The van der Waals surface area contributed by atoms with Gasteiger partial charge in [0.15, 0.2) is 5.60 Å². The predicted octanol–water partition coefficient (Wildman–Crippen LogP) is 5.54. The number of hydrogen-bond acceptors (Lipinski definition) is 5. The molecular formula is C26H29Cl2F3N4O3. The Kier molecular flexibility index (Phi) is 8.04. The van der Waals surface area contributed by atoms with E-state index in [2.05, 4.69) is 15.2 Å². The van der Waals surface area contributed by atoms with Crippen molar-refractivity contribution < 1.29 is 27.5 Å². The summed E-state index contributed by atoms with van der Waals surface area (Å²) in [5.41, 5.74) is -1.11. The summed E-state index contributed by atoms with van der Waals surface area (Å²) in [5.74, 6) is -0.0724. The maximum atomic E-state index is 13.1. The molecule has 4 rings (SSSR count). The number of ether oxygens (including phenoxy) is 1. The Morgan fingerprint density at radius 1 is 1.11 bits per heavy atom. The fourth-order valence-corrected chi connectivity index (χ4v) is 5.39. The molecule has 1 aromatic heterocycles. The van der Waals surface area contributed by atoms with Crippen molar-refractivity contribution in [3.63, 3.8) is 0 Å². The van der Waals surface area contributed by atoms with Gasteiger partial charge in [0, 0.05) is 29.3 Å². The Morgan fingerprint density at radius 2 is 1.76 bits per heavy atom. The van der Waals surface area contributed by atoms with E-state index < -0.39 is 23.7 Å². The summed E-state index contributed by atoms with van der Waals surface area (Å²) < 4.78 is 44.2. The molecule has 1 aromatic carbocycles. The molecule has 4 atom stereocenters. The number of alkyl halides is 3. The molecular weight excluding hydrogens is 544 g/mol. The largest absolute Gasteiger partial charge is 0.476 e. The lowest BCUT2D eigenvalue weighted by Crippen LogP contribution is -2.55. The first-order valence-electron chi connectivity index (χ1n) is 12.3. The number of nitrogens with one attached hydrogen (secondary N) is 2. The van der Waals surface area contributed by atoms with Crippen molar-refractivity contribution in [1.29, 1.82) is 0 Å². The monoisotopic (exact) mass is 572 g/mol. The lowest BCUT2D eigenvalue weighted by atomic mass is 9.96. The maximum absolute atomic E-state index is 13.1. The third kappa shape index (κ3) is 6.29. The highest BCUT2D eigenvalue weighted by molar-refractivity contribution is 6.35. The number of rotatable bonds is 7. The molecule has 2 saturated heterocycles. The van der Waals surface area contributed by atoms with Crippen molar-refractivity contribution >= 4 is 40.8 Å². The van der Waals surface area contributed by atoms with E-state index in [-0.39, 0.29) is 29.6 Å². The number of fused-ring (bicyclic) bond motifs is 2. The number of benzene rings is 1. The van der Waals surface area contributed by atoms with Gasteiger partial charge >= 0.3 is 6.18 Å². The SMILES string of the molecule is C[C@@H](NC(=O)c1ccc(N2[C@@H]3CC[C@H]2C[C@@H](NC(=O)C(C)(C)Oc2ccc(Cl)cc2Cl)C3)nc1)C(F)(F)F. The van der Waals surface area contributed by atoms with Gasteiger partial charge in [-0.25, -0.2) is 4.98 Å². The van der Waals surface area contributed by atoms with Gasteiger partial charge in [0.05, 0.1) is 10.6 Å². The van der Waals surface area contributed by atoms with Crippen LogP contribution in [0.25, 0.3) is 0 Å². The highest BCUT2D eigenvalue weighted by Crippen LogP contribution is 2.39. The molecule has 2 aliphatic heterocycles. The van der Waals surface area contributed by atoms with Crippen LogP contribution in [0.1, 0.15) is 56.8 Å². The number of carbonyl (C=O) groups excluding carboxylic acids is 2. The van der Waals surface area contributed by atoms with Crippen molar-refractivity contribution in [1.82, 2.24) is 15.6 Å². The van der Waals surface area contributed by atoms with Crippen LogP contribution in [0.3, 0.4) is 0 Å². The third-order valence-corrected chi connectivity index (χ3v) is 7.52. The molecule has 38 heavy (non-hydrogen) atoms. The fourth-order valence-electron chi connectivity index (χ4n) is 4.94. The van der Waals surface area contributed by atoms with E-state index in [1.165, 1.54) is 12.3 Å². The van der Waals surface area contributed by atoms with Crippen LogP contribution in [0.5, 0.6) is 5.75 Å². The van der Waals surface area contributed by atoms with Crippen LogP contribution in [-0.2, 0) is 4.79 Å². The first-order chi connectivity index (χ1) is 17.7. The van der Waals surface area contributed by atoms with E-state index in [9.17, 15) is 22.8 Å². The van der Waals surface area contributed by atoms with Gasteiger partial charge in [-0.2, -0.15) is 13.2 Å². The fraction of sp³-hybridized carbons (Fsp3) is 0.500. The molecule has 0 aliphatic carbocycles. The number of halogens is 5. The van der Waals surface area contributed by atoms with Gasteiger partial charge in [-0.3, -0.25) is 9.59 Å². The molecule has 2 aromatic rings. The van der Waals surface area contributed by atoms with Crippen LogP contribution in [0.15, 0.2) is 36.5 Å². The number of piperidine rings is 1. The molecule has 2 amide bonds. The van der Waals surface area contributed by atoms with Crippen LogP contribution in [0, 0.1) is 0 Å². The van der Waals surface area contributed by atoms with Crippen LogP contribution in [0.2, 0.25) is 10.0 Å². The van der Waals surface area contributed by atoms with Crippen molar-refractivity contribution in [2.24, 2.45) is 0 Å². The summed E-state index contributed by atoms with van der Waals surface area (Å²) in [7, 11) is 0. The Bertz CT molecular complexity index is 1180. The van der Waals surface area contributed by atoms with Crippen LogP contribution in [0.4, 0.5) is 19.0 Å². The second-order valence-electron chi connectivity index (χ2n) is 10.3. The molecule has 7 nitrogen and oxygen atoms in total. The highest BCUT2D eigenvalue weighted by Gasteiger charge is 2.43. The van der Waals surface area contributed by atoms with E-state index in [0.29, 0.717) is 34.5 Å². The molecule has 0 spiro atoms. The highest BCUT2D eigenvalue weighted by atomic mass is 35.5. The summed E-state index contributed by atoms with van der Waals surface area (Å²) in [4.78, 5) is 31.8. The molecule has 0 radical (unpaired) electrons. The molecule has 2 fully saturated rings. The van der Waals surface area contributed by atoms with Crippen molar-refractivity contribution in [3.05, 3.63) is 52.1 Å². The van der Waals surface area contributed by atoms with Crippen molar-refractivity contribution in [3.8, 4) is 5.75 Å². The lowest BCUT2D eigenvalue weighted by molar-refractivity contribution is -0.149. The molecule has 2 bridgehead atoms. The molecule has 3 heterocycles. The van der Waals surface area contributed by atoms with Gasteiger partial charge in [0.1, 0.15) is 17.6 Å². The van der Waals surface area contributed by atoms with Gasteiger partial charge < -0.3 is 20.3 Å². The number of aromatic nitrogens is 1. The average Bonchev–Trinajstić information content (AvgIpc) is 3.10. The molecule has 206 valence electrons. The van der Waals surface area contributed by atoms with E-state index in [0.717, 1.165) is 19.8 Å². The maximum Gasteiger partial charge on any atom is 0.408 e. The number of hydrogen-bond donors (Lipinski definition) is 2. The van der Waals surface area contributed by atoms with E-state index in [1.807, 2.05) is 5.32 Å². The van der Waals surface area contributed by atoms with Gasteiger partial charge in [0.2, 0.25) is 0 Å². The molecule has 2 aliphatic rings. The first kappa shape index (κ1) is 28.3. The zero-order valence-electron chi connectivity index (χ0n) is 21.1. The number of pyridine rings is 1. The van der Waals surface area contributed by atoms with Crippen LogP contribution >= 0.6 is 23.2 Å². The lowest BCUT2D eigenvalue weighted by Gasteiger charge is -2.40. The number of anilines is 1. The van der Waals surface area contributed by atoms with Gasteiger partial charge in [-0.1, -0.05) is 23.2 Å². The second-order valence-corrected chi connectivity index (χ2v) is 11.1. The number of amides is 2. The normalized spacial score (nSPS) is 22.1. The average molecular weight is 573 g/mol. The Balaban J connectivity index is 1.36. The standard InChI is InChI=1S/C26H29Cl2F3N4O3/c1-14(26(29,30)31)33-23(36)15-4-9-22(32-13-15)35-18-6-7-19(35)12-17(11-18)34-24(37)25(2,3)38-21-8-5-16(27)10-20(21)28/h4-5,8-10,13-14,17-19H,6-7,11-12H2,1-3H3,(H,33,36)(H,34,37)/t14-,17-,18+,19-/m1/s1. The summed E-state index contributed by atoms with van der Waals surface area (Å²) in [5, 5.41) is 5.84. The van der Waals surface area contributed by atoms with Gasteiger partial charge in [-0.15, -0.1) is 0 Å². The predicted molar refractivity (Wildman–Crippen MR) is 139 cm³/mol. The minimum atomic E-state index is -4.52. The smallest absolute Gasteiger partial charge is 0.408 e. The van der Waals surface area contributed by atoms with Crippen molar-refractivity contribution in [2.45, 2.75) is 82.4 Å². The van der Waals surface area contributed by atoms with Gasteiger partial charge in [-0.05, 0) is 76.8 Å². The van der Waals surface area contributed by atoms with E-state index >= 15 is 0 Å².